The van der Waals surface area contributed by atoms with Crippen molar-refractivity contribution in [3.63, 3.8) is 0 Å². The van der Waals surface area contributed by atoms with Crippen LogP contribution >= 0.6 is 0 Å². The molecular weight excluding hydrogens is 559 g/mol. The smallest absolute Gasteiger partial charge is 0.390 e. The number of alkyl halides is 3. The number of hydrogen-bond donors (Lipinski definition) is 2. The van der Waals surface area contributed by atoms with Crippen molar-refractivity contribution in [3.8, 4) is 11.3 Å². The molecule has 1 saturated heterocycles. The van der Waals surface area contributed by atoms with E-state index in [0.29, 0.717) is 24.2 Å². The maximum absolute atomic E-state index is 13.9. The number of carbonyl (C=O) groups is 1. The van der Waals surface area contributed by atoms with Crippen LogP contribution in [0.1, 0.15) is 40.0 Å². The lowest BCUT2D eigenvalue weighted by Crippen LogP contribution is -2.37. The summed E-state index contributed by atoms with van der Waals surface area (Å²) in [7, 11) is -3.55. The Hall–Kier alpha value is -3.26. The summed E-state index contributed by atoms with van der Waals surface area (Å²) in [4.78, 5) is 15.3. The van der Waals surface area contributed by atoms with E-state index in [2.05, 4.69) is 15.3 Å². The van der Waals surface area contributed by atoms with E-state index in [4.69, 9.17) is 0 Å². The zero-order valence-corrected chi connectivity index (χ0v) is 23.4. The first-order chi connectivity index (χ1) is 19.4. The van der Waals surface area contributed by atoms with Crippen LogP contribution in [0.5, 0.6) is 0 Å². The third kappa shape index (κ3) is 6.64. The number of aliphatic hydroxyl groups is 1. The van der Waals surface area contributed by atoms with Gasteiger partial charge >= 0.3 is 6.18 Å². The number of β-amino-alcohol motifs (C(OH)–C–C–N with tert-alkyl or cyclic N) is 1. The van der Waals surface area contributed by atoms with Gasteiger partial charge < -0.3 is 15.3 Å². The number of aliphatic hydroxyl groups excluding tert-OH is 1. The van der Waals surface area contributed by atoms with Gasteiger partial charge in [-0.15, -0.1) is 0 Å². The fourth-order valence-electron chi connectivity index (χ4n) is 5.50. The summed E-state index contributed by atoms with van der Waals surface area (Å²) in [6.07, 6.45) is -1.95. The quantitative estimate of drug-likeness (QED) is 0.415. The lowest BCUT2D eigenvalue weighted by molar-refractivity contribution is -0.137. The second-order valence-corrected chi connectivity index (χ2v) is 12.5. The fraction of sp³-hybridized carbons (Fsp3) is 0.429. The predicted octanol–water partition coefficient (Wildman–Crippen LogP) is 3.60. The summed E-state index contributed by atoms with van der Waals surface area (Å²) in [6, 6.07) is 11.4. The molecule has 13 heteroatoms. The average molecular weight is 592 g/mol. The molecule has 0 bridgehead atoms. The first kappa shape index (κ1) is 29.2. The number of anilines is 1. The number of sulfonamides is 1. The van der Waals surface area contributed by atoms with Crippen LogP contribution in [0.25, 0.3) is 11.3 Å². The third-order valence-corrected chi connectivity index (χ3v) is 8.74. The molecule has 0 saturated carbocycles. The van der Waals surface area contributed by atoms with Gasteiger partial charge in [-0.3, -0.25) is 9.48 Å². The minimum absolute atomic E-state index is 0.0156. The maximum atomic E-state index is 13.9. The van der Waals surface area contributed by atoms with Gasteiger partial charge in [-0.2, -0.15) is 22.6 Å². The zero-order chi connectivity index (χ0) is 29.4. The van der Waals surface area contributed by atoms with Crippen molar-refractivity contribution >= 4 is 21.6 Å². The highest BCUT2D eigenvalue weighted by Gasteiger charge is 2.36. The summed E-state index contributed by atoms with van der Waals surface area (Å²) in [5, 5.41) is 18.0. The van der Waals surface area contributed by atoms with E-state index < -0.39 is 39.3 Å². The van der Waals surface area contributed by atoms with Gasteiger partial charge in [0.25, 0.3) is 5.91 Å². The van der Waals surface area contributed by atoms with Crippen LogP contribution in [0, 0.1) is 0 Å². The molecule has 0 radical (unpaired) electrons. The summed E-state index contributed by atoms with van der Waals surface area (Å²) < 4.78 is 69.5. The molecule has 41 heavy (non-hydrogen) atoms. The van der Waals surface area contributed by atoms with Gasteiger partial charge in [-0.25, -0.2) is 8.42 Å². The van der Waals surface area contributed by atoms with Crippen molar-refractivity contribution < 1.29 is 31.5 Å². The Morgan fingerprint density at radius 1 is 1.07 bits per heavy atom. The number of halogens is 3. The Balaban J connectivity index is 1.54. The van der Waals surface area contributed by atoms with Crippen molar-refractivity contribution in [2.24, 2.45) is 0 Å². The van der Waals surface area contributed by atoms with Crippen LogP contribution in [-0.2, 0) is 35.7 Å². The number of nitrogens with one attached hydrogen (secondary N) is 1. The van der Waals surface area contributed by atoms with Crippen LogP contribution in [-0.4, -0.2) is 77.0 Å². The molecule has 1 amide bonds. The zero-order valence-electron chi connectivity index (χ0n) is 22.6. The van der Waals surface area contributed by atoms with Crippen LogP contribution in [0.4, 0.5) is 18.9 Å². The average Bonchev–Trinajstić information content (AvgIpc) is 3.55. The first-order valence-electron chi connectivity index (χ1n) is 13.4. The number of para-hydroxylation sites is 1. The monoisotopic (exact) mass is 591 g/mol. The Labute approximate surface area is 236 Å². The minimum Gasteiger partial charge on any atom is -0.390 e. The maximum Gasteiger partial charge on any atom is 0.417 e. The largest absolute Gasteiger partial charge is 0.417 e. The summed E-state index contributed by atoms with van der Waals surface area (Å²) in [6.45, 7) is 2.63. The molecule has 0 aliphatic carbocycles. The van der Waals surface area contributed by atoms with Gasteiger partial charge in [0, 0.05) is 48.6 Å². The standard InChI is InChI=1S/C28H32F3N5O4S/c1-41(39,40)35-14-11-25-23(18-35)26(33-36(25)17-21(37)16-34-12-5-6-13-34)19-9-10-24(28(29,30)31)22(15-19)27(38)32-20-7-3-2-4-8-20/h2-4,7-10,15,21,37H,5-6,11-14,16-18H2,1H3,(H,32,38). The fourth-order valence-corrected chi connectivity index (χ4v) is 6.29. The van der Waals surface area contributed by atoms with E-state index in [0.717, 1.165) is 50.0 Å². The van der Waals surface area contributed by atoms with Gasteiger partial charge in [0.15, 0.2) is 0 Å². The van der Waals surface area contributed by atoms with Crippen LogP contribution < -0.4 is 5.32 Å². The molecule has 5 rings (SSSR count). The lowest BCUT2D eigenvalue weighted by Gasteiger charge is -2.26. The third-order valence-electron chi connectivity index (χ3n) is 7.49. The van der Waals surface area contributed by atoms with Crippen LogP contribution in [0.2, 0.25) is 0 Å². The van der Waals surface area contributed by atoms with Gasteiger partial charge in [0.05, 0.1) is 35.7 Å². The number of carbonyl (C=O) groups excluding carboxylic acids is 1. The van der Waals surface area contributed by atoms with E-state index in [-0.39, 0.29) is 30.9 Å². The number of nitrogens with zero attached hydrogens (tertiary/aromatic N) is 4. The number of rotatable bonds is 8. The molecule has 2 N–H and O–H groups in total. The number of benzene rings is 2. The molecule has 2 aliphatic rings. The van der Waals surface area contributed by atoms with Crippen molar-refractivity contribution in [2.45, 2.75) is 44.6 Å². The minimum atomic E-state index is -4.78. The molecule has 9 nitrogen and oxygen atoms in total. The normalized spacial score (nSPS) is 17.4. The molecule has 3 aromatic rings. The first-order valence-corrected chi connectivity index (χ1v) is 15.3. The number of fused-ring (bicyclic) bond motifs is 1. The van der Waals surface area contributed by atoms with E-state index >= 15 is 0 Å². The van der Waals surface area contributed by atoms with Gasteiger partial charge in [-0.1, -0.05) is 24.3 Å². The second-order valence-electron chi connectivity index (χ2n) is 10.5. The van der Waals surface area contributed by atoms with Gasteiger partial charge in [0.2, 0.25) is 10.0 Å². The molecule has 0 spiro atoms. The van der Waals surface area contributed by atoms with Gasteiger partial charge in [-0.05, 0) is 50.2 Å². The SMILES string of the molecule is CS(=O)(=O)N1CCc2c(c(-c3ccc(C(F)(F)F)c(C(=O)Nc4ccccc4)c3)nn2CC(O)CN2CCCC2)C1. The number of aromatic nitrogens is 2. The van der Waals surface area contributed by atoms with E-state index in [1.807, 2.05) is 0 Å². The van der Waals surface area contributed by atoms with Crippen molar-refractivity contribution in [2.75, 3.05) is 37.8 Å². The topological polar surface area (TPSA) is 108 Å². The second kappa shape index (κ2) is 11.6. The Bertz CT molecular complexity index is 1520. The van der Waals surface area contributed by atoms with Crippen molar-refractivity contribution in [3.05, 3.63) is 70.9 Å². The number of likely N-dealkylation sites (tertiary alicyclic amines) is 1. The van der Waals surface area contributed by atoms with Gasteiger partial charge in [0.1, 0.15) is 0 Å². The van der Waals surface area contributed by atoms with E-state index in [1.54, 1.807) is 35.0 Å². The number of amides is 1. The van der Waals surface area contributed by atoms with Crippen molar-refractivity contribution in [1.29, 1.82) is 0 Å². The molecule has 1 aromatic heterocycles. The Morgan fingerprint density at radius 2 is 1.78 bits per heavy atom. The molecule has 2 aliphatic heterocycles. The number of hydrogen-bond acceptors (Lipinski definition) is 6. The molecule has 220 valence electrons. The van der Waals surface area contributed by atoms with Crippen molar-refractivity contribution in [1.82, 2.24) is 19.0 Å². The molecule has 3 heterocycles. The Kier molecular flexibility index (Phi) is 8.24. The van der Waals surface area contributed by atoms with E-state index in [1.165, 1.54) is 10.4 Å². The summed E-state index contributed by atoms with van der Waals surface area (Å²) in [5.41, 5.74) is 0.460. The highest BCUT2D eigenvalue weighted by molar-refractivity contribution is 7.88. The molecule has 1 fully saturated rings. The highest BCUT2D eigenvalue weighted by Crippen LogP contribution is 2.37. The highest BCUT2D eigenvalue weighted by atomic mass is 32.2. The Morgan fingerprint density at radius 3 is 2.44 bits per heavy atom. The van der Waals surface area contributed by atoms with Crippen LogP contribution in [0.15, 0.2) is 48.5 Å². The summed E-state index contributed by atoms with van der Waals surface area (Å²) >= 11 is 0. The predicted molar refractivity (Wildman–Crippen MR) is 148 cm³/mol. The molecule has 1 atom stereocenters. The lowest BCUT2D eigenvalue weighted by atomic mass is 9.97. The van der Waals surface area contributed by atoms with E-state index in [9.17, 15) is 31.5 Å². The van der Waals surface area contributed by atoms with Crippen LogP contribution in [0.3, 0.4) is 0 Å². The molecular formula is C28H32F3N5O4S. The summed E-state index contributed by atoms with van der Waals surface area (Å²) in [5.74, 6) is -0.933. The molecule has 2 aromatic carbocycles. The molecule has 1 unspecified atom stereocenters.